The van der Waals surface area contributed by atoms with E-state index >= 15 is 0 Å². The average Bonchev–Trinajstić information content (AvgIpc) is 2.47. The van der Waals surface area contributed by atoms with Crippen molar-refractivity contribution in [2.75, 3.05) is 6.26 Å². The summed E-state index contributed by atoms with van der Waals surface area (Å²) in [5, 5.41) is 22.9. The number of H-pyrrole nitrogens is 1. The summed E-state index contributed by atoms with van der Waals surface area (Å²) in [5.74, 6) is -0.139. The molecular weight excluding hydrogens is 322 g/mol. The highest BCUT2D eigenvalue weighted by atomic mass is 35.5. The van der Waals surface area contributed by atoms with Crippen LogP contribution >= 0.6 is 11.6 Å². The maximum atomic E-state index is 12.6. The van der Waals surface area contributed by atoms with Gasteiger partial charge in [0.1, 0.15) is 12.0 Å². The number of pyridine rings is 1. The SMILES string of the molecule is C[S+](c1ccc(O)cc1)c1c([O-])c2ccc(Cl)cc2[nH]c1=O. The van der Waals surface area contributed by atoms with Gasteiger partial charge in [-0.1, -0.05) is 17.7 Å². The Labute approximate surface area is 134 Å². The van der Waals surface area contributed by atoms with Gasteiger partial charge >= 0.3 is 5.56 Å². The summed E-state index contributed by atoms with van der Waals surface area (Å²) in [5.41, 5.74) is 0.0348. The summed E-state index contributed by atoms with van der Waals surface area (Å²) < 4.78 is 0. The molecule has 0 radical (unpaired) electrons. The second kappa shape index (κ2) is 5.59. The van der Waals surface area contributed by atoms with E-state index in [0.29, 0.717) is 15.9 Å². The molecule has 2 aromatic carbocycles. The number of halogens is 1. The molecule has 0 aliphatic rings. The van der Waals surface area contributed by atoms with Crippen molar-refractivity contribution in [3.05, 3.63) is 57.8 Å². The zero-order valence-corrected chi connectivity index (χ0v) is 13.2. The Bertz CT molecular complexity index is 906. The maximum absolute atomic E-state index is 12.6. The number of hydrogen-bond acceptors (Lipinski definition) is 3. The van der Waals surface area contributed by atoms with Crippen molar-refractivity contribution in [1.29, 1.82) is 0 Å². The lowest BCUT2D eigenvalue weighted by atomic mass is 10.2. The van der Waals surface area contributed by atoms with E-state index in [9.17, 15) is 15.0 Å². The molecule has 3 rings (SSSR count). The molecule has 0 aliphatic heterocycles. The molecule has 3 aromatic rings. The number of phenolic OH excluding ortho intramolecular Hbond substituents is 1. The molecule has 0 aliphatic carbocycles. The fourth-order valence-electron chi connectivity index (χ4n) is 2.27. The summed E-state index contributed by atoms with van der Waals surface area (Å²) in [6.07, 6.45) is 1.82. The highest BCUT2D eigenvalue weighted by molar-refractivity contribution is 7.96. The van der Waals surface area contributed by atoms with E-state index in [1.165, 1.54) is 0 Å². The van der Waals surface area contributed by atoms with E-state index in [0.717, 1.165) is 4.90 Å². The van der Waals surface area contributed by atoms with Gasteiger partial charge in [0.2, 0.25) is 4.90 Å². The molecular formula is C16H12ClNO3S. The van der Waals surface area contributed by atoms with E-state index in [1.54, 1.807) is 42.5 Å². The number of fused-ring (bicyclic) bond motifs is 1. The second-order valence-electron chi connectivity index (χ2n) is 4.81. The molecule has 1 unspecified atom stereocenters. The number of aromatic amines is 1. The minimum atomic E-state index is -0.690. The van der Waals surface area contributed by atoms with Crippen LogP contribution < -0.4 is 10.7 Å². The Kier molecular flexibility index (Phi) is 3.76. The summed E-state index contributed by atoms with van der Waals surface area (Å²) in [6.45, 7) is 0. The highest BCUT2D eigenvalue weighted by Gasteiger charge is 2.25. The van der Waals surface area contributed by atoms with Crippen molar-refractivity contribution in [3.63, 3.8) is 0 Å². The lowest BCUT2D eigenvalue weighted by molar-refractivity contribution is -0.270. The summed E-state index contributed by atoms with van der Waals surface area (Å²) >= 11 is 5.89. The Morgan fingerprint density at radius 1 is 1.18 bits per heavy atom. The van der Waals surface area contributed by atoms with Gasteiger partial charge in [-0.3, -0.25) is 4.79 Å². The van der Waals surface area contributed by atoms with Crippen molar-refractivity contribution in [2.24, 2.45) is 0 Å². The fourth-order valence-corrected chi connectivity index (χ4v) is 3.94. The quantitative estimate of drug-likeness (QED) is 0.708. The van der Waals surface area contributed by atoms with Gasteiger partial charge in [0, 0.05) is 10.5 Å². The van der Waals surface area contributed by atoms with Crippen LogP contribution in [0.25, 0.3) is 10.9 Å². The van der Waals surface area contributed by atoms with E-state index in [2.05, 4.69) is 4.98 Å². The van der Waals surface area contributed by atoms with E-state index in [4.69, 9.17) is 11.6 Å². The molecule has 2 N–H and O–H groups in total. The molecule has 0 spiro atoms. The first kappa shape index (κ1) is 14.8. The predicted molar refractivity (Wildman–Crippen MR) is 87.0 cm³/mol. The third-order valence-corrected chi connectivity index (χ3v) is 5.58. The van der Waals surface area contributed by atoms with Crippen LogP contribution in [0, 0.1) is 0 Å². The molecule has 0 fully saturated rings. The van der Waals surface area contributed by atoms with Crippen LogP contribution in [0.3, 0.4) is 0 Å². The first-order valence-corrected chi connectivity index (χ1v) is 8.46. The van der Waals surface area contributed by atoms with Gasteiger partial charge in [-0.15, -0.1) is 0 Å². The van der Waals surface area contributed by atoms with Gasteiger partial charge in [0.25, 0.3) is 0 Å². The molecule has 112 valence electrons. The third-order valence-electron chi connectivity index (χ3n) is 3.38. The Morgan fingerprint density at radius 3 is 2.55 bits per heavy atom. The van der Waals surface area contributed by atoms with Crippen LogP contribution in [-0.2, 0) is 10.9 Å². The maximum Gasteiger partial charge on any atom is 0.303 e. The van der Waals surface area contributed by atoms with E-state index in [-0.39, 0.29) is 16.4 Å². The molecule has 4 nitrogen and oxygen atoms in total. The smallest absolute Gasteiger partial charge is 0.303 e. The normalized spacial score (nSPS) is 12.5. The van der Waals surface area contributed by atoms with Gasteiger partial charge in [-0.25, -0.2) is 0 Å². The Morgan fingerprint density at radius 2 is 1.86 bits per heavy atom. The first-order valence-electron chi connectivity index (χ1n) is 6.45. The highest BCUT2D eigenvalue weighted by Crippen LogP contribution is 2.31. The summed E-state index contributed by atoms with van der Waals surface area (Å²) in [7, 11) is -0.690. The molecule has 0 bridgehead atoms. The molecule has 1 aromatic heterocycles. The van der Waals surface area contributed by atoms with Gasteiger partial charge in [-0.2, -0.15) is 0 Å². The zero-order valence-electron chi connectivity index (χ0n) is 11.6. The molecule has 6 heteroatoms. The monoisotopic (exact) mass is 333 g/mol. The van der Waals surface area contributed by atoms with E-state index < -0.39 is 16.5 Å². The largest absolute Gasteiger partial charge is 0.868 e. The zero-order chi connectivity index (χ0) is 15.9. The fraction of sp³-hybridized carbons (Fsp3) is 0.0625. The van der Waals surface area contributed by atoms with Crippen molar-refractivity contribution in [3.8, 4) is 11.5 Å². The lowest BCUT2D eigenvalue weighted by Gasteiger charge is -2.14. The number of rotatable bonds is 2. The molecule has 0 amide bonds. The van der Waals surface area contributed by atoms with E-state index in [1.807, 2.05) is 6.26 Å². The van der Waals surface area contributed by atoms with Gasteiger partial charge in [-0.05, 0) is 47.5 Å². The lowest BCUT2D eigenvalue weighted by Crippen LogP contribution is -2.20. The van der Waals surface area contributed by atoms with Crippen LogP contribution in [0.4, 0.5) is 0 Å². The Hall–Kier alpha value is -2.11. The summed E-state index contributed by atoms with van der Waals surface area (Å²) in [4.78, 5) is 16.0. The van der Waals surface area contributed by atoms with Gasteiger partial charge in [0.15, 0.2) is 4.90 Å². The number of benzene rings is 2. The first-order chi connectivity index (χ1) is 10.5. The van der Waals surface area contributed by atoms with Crippen LogP contribution in [0.2, 0.25) is 5.02 Å². The molecule has 1 atom stereocenters. The minimum absolute atomic E-state index is 0.144. The van der Waals surface area contributed by atoms with Gasteiger partial charge < -0.3 is 15.2 Å². The minimum Gasteiger partial charge on any atom is -0.868 e. The van der Waals surface area contributed by atoms with Crippen LogP contribution in [0.15, 0.2) is 57.1 Å². The molecule has 22 heavy (non-hydrogen) atoms. The standard InChI is InChI=1S/C16H12ClNO3S/c1-22(11-5-3-10(19)4-6-11)15-14(20)12-7-2-9(17)8-13(12)18-16(15)21/h2-8H,1H3,(H2-,18,19,20,21). The van der Waals surface area contributed by atoms with Crippen molar-refractivity contribution >= 4 is 33.4 Å². The topological polar surface area (TPSA) is 76.2 Å². The summed E-state index contributed by atoms with van der Waals surface area (Å²) in [6, 6.07) is 11.3. The number of aromatic nitrogens is 1. The number of hydrogen-bond donors (Lipinski definition) is 2. The Balaban J connectivity index is 2.20. The number of nitrogens with one attached hydrogen (secondary N) is 1. The average molecular weight is 334 g/mol. The molecule has 1 heterocycles. The second-order valence-corrected chi connectivity index (χ2v) is 7.14. The number of phenols is 1. The molecule has 0 saturated carbocycles. The van der Waals surface area contributed by atoms with Crippen molar-refractivity contribution in [1.82, 2.24) is 4.98 Å². The molecule has 0 saturated heterocycles. The van der Waals surface area contributed by atoms with Crippen molar-refractivity contribution < 1.29 is 10.2 Å². The third kappa shape index (κ3) is 2.53. The van der Waals surface area contributed by atoms with Crippen LogP contribution in [-0.4, -0.2) is 16.3 Å². The van der Waals surface area contributed by atoms with Crippen molar-refractivity contribution in [2.45, 2.75) is 9.79 Å². The van der Waals surface area contributed by atoms with Crippen LogP contribution in [0.1, 0.15) is 0 Å². The van der Waals surface area contributed by atoms with Gasteiger partial charge in [0.05, 0.1) is 10.9 Å². The van der Waals surface area contributed by atoms with Crippen LogP contribution in [0.5, 0.6) is 11.5 Å². The number of aromatic hydroxyl groups is 1. The predicted octanol–water partition coefficient (Wildman–Crippen LogP) is 2.63.